The lowest BCUT2D eigenvalue weighted by atomic mass is 10.00. The van der Waals surface area contributed by atoms with Crippen LogP contribution in [0.4, 0.5) is 0 Å². The lowest BCUT2D eigenvalue weighted by Crippen LogP contribution is -2.53. The van der Waals surface area contributed by atoms with E-state index in [4.69, 9.17) is 4.74 Å². The van der Waals surface area contributed by atoms with Gasteiger partial charge in [0.1, 0.15) is 0 Å². The summed E-state index contributed by atoms with van der Waals surface area (Å²) in [6.45, 7) is 8.73. The Kier molecular flexibility index (Phi) is 6.43. The van der Waals surface area contributed by atoms with Gasteiger partial charge in [-0.15, -0.1) is 0 Å². The number of hydrogen-bond acceptors (Lipinski definition) is 4. The molecule has 2 rings (SSSR count). The zero-order valence-corrected chi connectivity index (χ0v) is 14.1. The highest BCUT2D eigenvalue weighted by atomic mass is 32.2. The van der Waals surface area contributed by atoms with Crippen molar-refractivity contribution in [2.24, 2.45) is 5.92 Å². The van der Waals surface area contributed by atoms with Crippen molar-refractivity contribution in [1.29, 1.82) is 0 Å². The molecule has 7 heteroatoms. The molecule has 0 aromatic heterocycles. The monoisotopic (exact) mass is 319 g/mol. The number of morpholine rings is 1. The van der Waals surface area contributed by atoms with Gasteiger partial charge in [-0.05, 0) is 38.3 Å². The third-order valence-electron chi connectivity index (χ3n) is 4.37. The SMILES string of the molecule is CCNCC1CCCN(S(=O)(=O)N2CCOC(CC)C2)C1. The molecular weight excluding hydrogens is 290 g/mol. The molecule has 6 nitrogen and oxygen atoms in total. The van der Waals surface area contributed by atoms with E-state index < -0.39 is 10.2 Å². The number of ether oxygens (including phenoxy) is 1. The molecule has 0 aromatic rings. The van der Waals surface area contributed by atoms with Gasteiger partial charge in [0.25, 0.3) is 10.2 Å². The first kappa shape index (κ1) is 17.1. The van der Waals surface area contributed by atoms with E-state index in [0.29, 0.717) is 38.7 Å². The van der Waals surface area contributed by atoms with Crippen LogP contribution in [0.25, 0.3) is 0 Å². The first-order valence-electron chi connectivity index (χ1n) is 8.15. The molecule has 2 aliphatic rings. The molecule has 2 saturated heterocycles. The van der Waals surface area contributed by atoms with Crippen molar-refractivity contribution < 1.29 is 13.2 Å². The molecule has 21 heavy (non-hydrogen) atoms. The van der Waals surface area contributed by atoms with E-state index in [2.05, 4.69) is 12.2 Å². The molecular formula is C14H29N3O3S. The van der Waals surface area contributed by atoms with Gasteiger partial charge in [0, 0.05) is 26.2 Å². The van der Waals surface area contributed by atoms with Crippen molar-refractivity contribution in [1.82, 2.24) is 13.9 Å². The molecule has 2 fully saturated rings. The Bertz CT molecular complexity index is 416. The van der Waals surface area contributed by atoms with Crippen LogP contribution in [-0.2, 0) is 14.9 Å². The van der Waals surface area contributed by atoms with Crippen molar-refractivity contribution in [3.8, 4) is 0 Å². The van der Waals surface area contributed by atoms with Gasteiger partial charge in [-0.25, -0.2) is 0 Å². The minimum absolute atomic E-state index is 0.0378. The highest BCUT2D eigenvalue weighted by Gasteiger charge is 2.36. The number of hydrogen-bond donors (Lipinski definition) is 1. The molecule has 1 N–H and O–H groups in total. The summed E-state index contributed by atoms with van der Waals surface area (Å²) < 4.78 is 34.5. The van der Waals surface area contributed by atoms with Crippen LogP contribution >= 0.6 is 0 Å². The summed E-state index contributed by atoms with van der Waals surface area (Å²) >= 11 is 0. The van der Waals surface area contributed by atoms with Crippen LogP contribution in [0.2, 0.25) is 0 Å². The summed E-state index contributed by atoms with van der Waals surface area (Å²) in [5.74, 6) is 0.427. The Balaban J connectivity index is 1.97. The number of nitrogens with one attached hydrogen (secondary N) is 1. The van der Waals surface area contributed by atoms with Crippen molar-refractivity contribution >= 4 is 10.2 Å². The summed E-state index contributed by atoms with van der Waals surface area (Å²) in [7, 11) is -3.33. The highest BCUT2D eigenvalue weighted by molar-refractivity contribution is 7.86. The van der Waals surface area contributed by atoms with Crippen LogP contribution in [0.15, 0.2) is 0 Å². The second-order valence-corrected chi connectivity index (χ2v) is 7.87. The van der Waals surface area contributed by atoms with Gasteiger partial charge in [-0.2, -0.15) is 17.0 Å². The fourth-order valence-corrected chi connectivity index (χ4v) is 4.81. The second-order valence-electron chi connectivity index (χ2n) is 5.94. The molecule has 0 radical (unpaired) electrons. The second kappa shape index (κ2) is 7.87. The zero-order chi connectivity index (χ0) is 15.3. The van der Waals surface area contributed by atoms with E-state index in [-0.39, 0.29) is 6.10 Å². The van der Waals surface area contributed by atoms with Crippen LogP contribution in [0, 0.1) is 5.92 Å². The molecule has 2 unspecified atom stereocenters. The minimum atomic E-state index is -3.33. The van der Waals surface area contributed by atoms with E-state index in [0.717, 1.165) is 32.4 Å². The molecule has 2 heterocycles. The molecule has 0 saturated carbocycles. The lowest BCUT2D eigenvalue weighted by molar-refractivity contribution is -0.00491. The van der Waals surface area contributed by atoms with Crippen molar-refractivity contribution in [3.05, 3.63) is 0 Å². The summed E-state index contributed by atoms with van der Waals surface area (Å²) in [6.07, 6.45) is 2.96. The standard InChI is InChI=1S/C14H29N3O3S/c1-3-14-12-17(8-9-20-14)21(18,19)16-7-5-6-13(11-16)10-15-4-2/h13-15H,3-12H2,1-2H3. The number of nitrogens with zero attached hydrogens (tertiary/aromatic N) is 2. The van der Waals surface area contributed by atoms with Crippen LogP contribution < -0.4 is 5.32 Å². The van der Waals surface area contributed by atoms with E-state index in [9.17, 15) is 8.42 Å². The summed E-state index contributed by atoms with van der Waals surface area (Å²) in [4.78, 5) is 0. The number of rotatable bonds is 6. The highest BCUT2D eigenvalue weighted by Crippen LogP contribution is 2.22. The van der Waals surface area contributed by atoms with E-state index in [1.807, 2.05) is 6.92 Å². The minimum Gasteiger partial charge on any atom is -0.375 e. The first-order chi connectivity index (χ1) is 10.1. The van der Waals surface area contributed by atoms with E-state index >= 15 is 0 Å². The predicted molar refractivity (Wildman–Crippen MR) is 83.4 cm³/mol. The molecule has 0 aliphatic carbocycles. The average molecular weight is 319 g/mol. The van der Waals surface area contributed by atoms with Gasteiger partial charge in [-0.1, -0.05) is 13.8 Å². The van der Waals surface area contributed by atoms with Gasteiger partial charge < -0.3 is 10.1 Å². The van der Waals surface area contributed by atoms with E-state index in [1.165, 1.54) is 0 Å². The van der Waals surface area contributed by atoms with Crippen LogP contribution in [0.5, 0.6) is 0 Å². The molecule has 0 bridgehead atoms. The van der Waals surface area contributed by atoms with Crippen molar-refractivity contribution in [3.63, 3.8) is 0 Å². The van der Waals surface area contributed by atoms with Crippen LogP contribution in [0.1, 0.15) is 33.1 Å². The summed E-state index contributed by atoms with van der Waals surface area (Å²) in [5.41, 5.74) is 0. The molecule has 2 aliphatic heterocycles. The van der Waals surface area contributed by atoms with Crippen molar-refractivity contribution in [2.75, 3.05) is 45.9 Å². The topological polar surface area (TPSA) is 61.9 Å². The molecule has 0 amide bonds. The Labute approximate surface area is 129 Å². The van der Waals surface area contributed by atoms with E-state index in [1.54, 1.807) is 8.61 Å². The predicted octanol–water partition coefficient (Wildman–Crippen LogP) is 0.664. The van der Waals surface area contributed by atoms with Gasteiger partial charge in [0.05, 0.1) is 12.7 Å². The lowest BCUT2D eigenvalue weighted by Gasteiger charge is -2.38. The quantitative estimate of drug-likeness (QED) is 0.781. The average Bonchev–Trinajstić information content (AvgIpc) is 2.53. The fourth-order valence-electron chi connectivity index (χ4n) is 3.06. The zero-order valence-electron chi connectivity index (χ0n) is 13.3. The largest absolute Gasteiger partial charge is 0.375 e. The first-order valence-corrected chi connectivity index (χ1v) is 9.55. The molecule has 0 spiro atoms. The third-order valence-corrected chi connectivity index (χ3v) is 6.34. The molecule has 0 aromatic carbocycles. The Hall–Kier alpha value is -0.210. The van der Waals surface area contributed by atoms with Crippen molar-refractivity contribution in [2.45, 2.75) is 39.2 Å². The molecule has 2 atom stereocenters. The number of piperidine rings is 1. The van der Waals surface area contributed by atoms with Gasteiger partial charge in [-0.3, -0.25) is 0 Å². The van der Waals surface area contributed by atoms with Gasteiger partial charge >= 0.3 is 0 Å². The smallest absolute Gasteiger partial charge is 0.282 e. The maximum absolute atomic E-state index is 12.8. The fraction of sp³-hybridized carbons (Fsp3) is 1.00. The maximum atomic E-state index is 12.8. The normalized spacial score (nSPS) is 29.6. The maximum Gasteiger partial charge on any atom is 0.282 e. The third kappa shape index (κ3) is 4.39. The van der Waals surface area contributed by atoms with Gasteiger partial charge in [0.15, 0.2) is 0 Å². The Morgan fingerprint density at radius 2 is 1.95 bits per heavy atom. The molecule has 124 valence electrons. The Morgan fingerprint density at radius 1 is 1.19 bits per heavy atom. The summed E-state index contributed by atoms with van der Waals surface area (Å²) in [6, 6.07) is 0. The Morgan fingerprint density at radius 3 is 2.67 bits per heavy atom. The summed E-state index contributed by atoms with van der Waals surface area (Å²) in [5, 5.41) is 3.33. The van der Waals surface area contributed by atoms with Gasteiger partial charge in [0.2, 0.25) is 0 Å². The van der Waals surface area contributed by atoms with Crippen LogP contribution in [0.3, 0.4) is 0 Å². The van der Waals surface area contributed by atoms with Crippen LogP contribution in [-0.4, -0.2) is 69.0 Å².